The molecule has 0 bridgehead atoms. The predicted molar refractivity (Wildman–Crippen MR) is 69.6 cm³/mol. The fraction of sp³-hybridized carbons (Fsp3) is 0.923. The van der Waals surface area contributed by atoms with E-state index in [0.29, 0.717) is 38.9 Å². The van der Waals surface area contributed by atoms with Crippen LogP contribution in [0.1, 0.15) is 20.3 Å². The summed E-state index contributed by atoms with van der Waals surface area (Å²) in [5.74, 6) is 0. The van der Waals surface area contributed by atoms with Gasteiger partial charge in [-0.1, -0.05) is 0 Å². The maximum Gasteiger partial charge on any atom is 0.405 e. The second-order valence-electron chi connectivity index (χ2n) is 5.29. The predicted octanol–water partition coefficient (Wildman–Crippen LogP) is 1.55. The lowest BCUT2D eigenvalue weighted by Crippen LogP contribution is -2.59. The standard InChI is InChI=1S/C13H23F3N2O2/c1-11(2)20-9-3-4-18-6-5-17(7-8-19)10-12(18)13(14,15)16/h8,11-12H,3-7,9-10H2,1-2H3. The Morgan fingerprint density at radius 3 is 2.60 bits per heavy atom. The molecule has 1 saturated heterocycles. The van der Waals surface area contributed by atoms with Crippen LogP contribution in [-0.2, 0) is 9.53 Å². The van der Waals surface area contributed by atoms with Gasteiger partial charge >= 0.3 is 6.18 Å². The smallest absolute Gasteiger partial charge is 0.379 e. The molecule has 0 spiro atoms. The number of alkyl halides is 3. The first-order chi connectivity index (χ1) is 9.34. The van der Waals surface area contributed by atoms with Crippen molar-refractivity contribution in [3.63, 3.8) is 0 Å². The highest BCUT2D eigenvalue weighted by Crippen LogP contribution is 2.27. The zero-order valence-electron chi connectivity index (χ0n) is 12.0. The minimum absolute atomic E-state index is 0.0663. The summed E-state index contributed by atoms with van der Waals surface area (Å²) >= 11 is 0. The number of carbonyl (C=O) groups is 1. The molecule has 1 unspecified atom stereocenters. The summed E-state index contributed by atoms with van der Waals surface area (Å²) in [4.78, 5) is 13.4. The van der Waals surface area contributed by atoms with Crippen LogP contribution in [0.2, 0.25) is 0 Å². The lowest BCUT2D eigenvalue weighted by Gasteiger charge is -2.41. The average Bonchev–Trinajstić information content (AvgIpc) is 2.34. The Morgan fingerprint density at radius 1 is 1.35 bits per heavy atom. The maximum atomic E-state index is 13.1. The van der Waals surface area contributed by atoms with E-state index < -0.39 is 12.2 Å². The van der Waals surface area contributed by atoms with Gasteiger partial charge in [0.1, 0.15) is 12.3 Å². The van der Waals surface area contributed by atoms with Crippen molar-refractivity contribution in [1.82, 2.24) is 9.80 Å². The first kappa shape index (κ1) is 17.4. The third-order valence-corrected chi connectivity index (χ3v) is 3.33. The van der Waals surface area contributed by atoms with Crippen molar-refractivity contribution in [3.8, 4) is 0 Å². The number of nitrogens with zero attached hydrogens (tertiary/aromatic N) is 2. The summed E-state index contributed by atoms with van der Waals surface area (Å²) in [6, 6.07) is -1.49. The van der Waals surface area contributed by atoms with E-state index in [0.717, 1.165) is 0 Å². The molecule has 0 aromatic carbocycles. The molecule has 118 valence electrons. The highest BCUT2D eigenvalue weighted by atomic mass is 19.4. The minimum atomic E-state index is -4.26. The van der Waals surface area contributed by atoms with Crippen molar-refractivity contribution in [2.24, 2.45) is 0 Å². The zero-order chi connectivity index (χ0) is 15.2. The summed E-state index contributed by atoms with van der Waals surface area (Å²) < 4.78 is 44.5. The normalized spacial score (nSPS) is 22.4. The van der Waals surface area contributed by atoms with Crippen LogP contribution in [0.3, 0.4) is 0 Å². The van der Waals surface area contributed by atoms with Crippen LogP contribution in [0.4, 0.5) is 13.2 Å². The van der Waals surface area contributed by atoms with Crippen LogP contribution in [-0.4, -0.2) is 73.7 Å². The Hall–Kier alpha value is -0.660. The third kappa shape index (κ3) is 5.76. The molecule has 0 aromatic heterocycles. The highest BCUT2D eigenvalue weighted by molar-refractivity contribution is 5.52. The number of ether oxygens (including phenoxy) is 1. The molecule has 1 fully saturated rings. The van der Waals surface area contributed by atoms with Gasteiger partial charge in [-0.05, 0) is 20.3 Å². The first-order valence-electron chi connectivity index (χ1n) is 6.93. The minimum Gasteiger partial charge on any atom is -0.379 e. The number of aldehydes is 1. The molecular formula is C13H23F3N2O2. The maximum absolute atomic E-state index is 13.1. The third-order valence-electron chi connectivity index (χ3n) is 3.33. The van der Waals surface area contributed by atoms with Crippen LogP contribution in [0.5, 0.6) is 0 Å². The van der Waals surface area contributed by atoms with Gasteiger partial charge in [0.15, 0.2) is 0 Å². The lowest BCUT2D eigenvalue weighted by molar-refractivity contribution is -0.197. The Kier molecular flexibility index (Phi) is 6.91. The largest absolute Gasteiger partial charge is 0.405 e. The SMILES string of the molecule is CC(C)OCCCN1CCN(CC=O)CC1C(F)(F)F. The number of halogens is 3. The fourth-order valence-electron chi connectivity index (χ4n) is 2.31. The molecular weight excluding hydrogens is 273 g/mol. The summed E-state index contributed by atoms with van der Waals surface area (Å²) in [5.41, 5.74) is 0. The average molecular weight is 296 g/mol. The van der Waals surface area contributed by atoms with E-state index in [1.807, 2.05) is 13.8 Å². The van der Waals surface area contributed by atoms with Crippen molar-refractivity contribution in [3.05, 3.63) is 0 Å². The van der Waals surface area contributed by atoms with Crippen molar-refractivity contribution >= 4 is 6.29 Å². The molecule has 4 nitrogen and oxygen atoms in total. The van der Waals surface area contributed by atoms with Gasteiger partial charge in [-0.2, -0.15) is 13.2 Å². The topological polar surface area (TPSA) is 32.8 Å². The van der Waals surface area contributed by atoms with Gasteiger partial charge in [-0.15, -0.1) is 0 Å². The van der Waals surface area contributed by atoms with Gasteiger partial charge in [0.2, 0.25) is 0 Å². The Bertz CT molecular complexity index is 298. The molecule has 0 saturated carbocycles. The van der Waals surface area contributed by atoms with Gasteiger partial charge in [0.25, 0.3) is 0 Å². The molecule has 0 aromatic rings. The second-order valence-corrected chi connectivity index (χ2v) is 5.29. The summed E-state index contributed by atoms with van der Waals surface area (Å²) in [7, 11) is 0. The number of rotatable bonds is 7. The van der Waals surface area contributed by atoms with Crippen LogP contribution >= 0.6 is 0 Å². The van der Waals surface area contributed by atoms with Crippen molar-refractivity contribution in [1.29, 1.82) is 0 Å². The molecule has 1 atom stereocenters. The lowest BCUT2D eigenvalue weighted by atomic mass is 10.1. The van der Waals surface area contributed by atoms with Crippen LogP contribution in [0.25, 0.3) is 0 Å². The van der Waals surface area contributed by atoms with E-state index >= 15 is 0 Å². The van der Waals surface area contributed by atoms with Crippen molar-refractivity contribution in [2.75, 3.05) is 39.3 Å². The van der Waals surface area contributed by atoms with Gasteiger partial charge < -0.3 is 9.53 Å². The Morgan fingerprint density at radius 2 is 2.05 bits per heavy atom. The molecule has 1 aliphatic rings. The van der Waals surface area contributed by atoms with Crippen LogP contribution < -0.4 is 0 Å². The summed E-state index contributed by atoms with van der Waals surface area (Å²) in [5, 5.41) is 0. The molecule has 1 rings (SSSR count). The van der Waals surface area contributed by atoms with E-state index in [1.165, 1.54) is 4.90 Å². The van der Waals surface area contributed by atoms with E-state index in [2.05, 4.69) is 0 Å². The zero-order valence-corrected chi connectivity index (χ0v) is 12.0. The van der Waals surface area contributed by atoms with Gasteiger partial charge in [-0.3, -0.25) is 9.80 Å². The van der Waals surface area contributed by atoms with Crippen molar-refractivity contribution < 1.29 is 22.7 Å². The molecule has 0 N–H and O–H groups in total. The molecule has 1 heterocycles. The number of carbonyl (C=O) groups excluding carboxylic acids is 1. The van der Waals surface area contributed by atoms with Crippen LogP contribution in [0.15, 0.2) is 0 Å². The number of hydrogen-bond donors (Lipinski definition) is 0. The summed E-state index contributed by atoms with van der Waals surface area (Å²) in [6.07, 6.45) is -2.93. The molecule has 7 heteroatoms. The monoisotopic (exact) mass is 296 g/mol. The Labute approximate surface area is 117 Å². The summed E-state index contributed by atoms with van der Waals surface area (Å²) in [6.45, 7) is 5.40. The van der Waals surface area contributed by atoms with E-state index in [1.54, 1.807) is 4.90 Å². The molecule has 0 radical (unpaired) electrons. The van der Waals surface area contributed by atoms with Gasteiger partial charge in [0, 0.05) is 32.8 Å². The van der Waals surface area contributed by atoms with Gasteiger partial charge in [-0.25, -0.2) is 0 Å². The molecule has 0 amide bonds. The van der Waals surface area contributed by atoms with E-state index in [-0.39, 0.29) is 19.2 Å². The van der Waals surface area contributed by atoms with Crippen molar-refractivity contribution in [2.45, 2.75) is 38.6 Å². The molecule has 1 aliphatic heterocycles. The number of hydrogen-bond acceptors (Lipinski definition) is 4. The molecule has 20 heavy (non-hydrogen) atoms. The Balaban J connectivity index is 2.49. The quantitative estimate of drug-likeness (QED) is 0.527. The highest BCUT2D eigenvalue weighted by Gasteiger charge is 2.45. The number of piperazine rings is 1. The fourth-order valence-corrected chi connectivity index (χ4v) is 2.31. The second kappa shape index (κ2) is 7.95. The van der Waals surface area contributed by atoms with Crippen LogP contribution in [0, 0.1) is 0 Å². The van der Waals surface area contributed by atoms with E-state index in [4.69, 9.17) is 4.74 Å². The van der Waals surface area contributed by atoms with Gasteiger partial charge in [0.05, 0.1) is 12.6 Å². The molecule has 0 aliphatic carbocycles. The first-order valence-corrected chi connectivity index (χ1v) is 6.93. The van der Waals surface area contributed by atoms with E-state index in [9.17, 15) is 18.0 Å².